The summed E-state index contributed by atoms with van der Waals surface area (Å²) >= 11 is 0. The van der Waals surface area contributed by atoms with Crippen molar-refractivity contribution >= 4 is 15.7 Å². The maximum absolute atomic E-state index is 13.2. The number of benzene rings is 2. The first-order valence-corrected chi connectivity index (χ1v) is 12.1. The summed E-state index contributed by atoms with van der Waals surface area (Å²) in [5.41, 5.74) is 4.49. The summed E-state index contributed by atoms with van der Waals surface area (Å²) in [5.74, 6) is 0.236. The molecule has 0 N–H and O–H groups in total. The van der Waals surface area contributed by atoms with Gasteiger partial charge in [-0.2, -0.15) is 0 Å². The number of aromatic nitrogens is 1. The number of likely N-dealkylation sites (tertiary alicyclic amines) is 1. The minimum atomic E-state index is -3.49. The summed E-state index contributed by atoms with van der Waals surface area (Å²) < 4.78 is 31.9. The van der Waals surface area contributed by atoms with Gasteiger partial charge in [0, 0.05) is 30.8 Å². The average molecular weight is 449 g/mol. The zero-order chi connectivity index (χ0) is 22.5. The van der Waals surface area contributed by atoms with Crippen LogP contribution in [0.1, 0.15) is 22.6 Å². The summed E-state index contributed by atoms with van der Waals surface area (Å²) in [5, 5.41) is -0.593. The molecule has 0 radical (unpaired) electrons. The van der Waals surface area contributed by atoms with Gasteiger partial charge in [-0.15, -0.1) is 0 Å². The largest absolute Gasteiger partial charge is 0.481 e. The molecule has 5 rings (SSSR count). The Balaban J connectivity index is 1.46. The molecule has 0 spiro atoms. The minimum absolute atomic E-state index is 0.0319. The smallest absolute Gasteiger partial charge is 0.227 e. The molecule has 7 heteroatoms. The van der Waals surface area contributed by atoms with Crippen LogP contribution in [0.3, 0.4) is 0 Å². The first-order valence-electron chi connectivity index (χ1n) is 10.6. The predicted octanol–water partition coefficient (Wildman–Crippen LogP) is 3.39. The van der Waals surface area contributed by atoms with Crippen molar-refractivity contribution in [3.8, 4) is 17.0 Å². The quantitative estimate of drug-likeness (QED) is 0.612. The molecule has 1 aromatic heterocycles. The maximum atomic E-state index is 13.2. The molecule has 32 heavy (non-hydrogen) atoms. The number of ether oxygens (including phenoxy) is 1. The molecule has 0 aliphatic carbocycles. The van der Waals surface area contributed by atoms with E-state index in [2.05, 4.69) is 4.98 Å². The lowest BCUT2D eigenvalue weighted by atomic mass is 9.95. The fourth-order valence-electron chi connectivity index (χ4n) is 4.87. The SMILES string of the molecule is COc1ncccc1-c1ccc2c(c1)[C@@H]1CN(C(=O)Cc3ccccc3C)C[C@@H]1S2(=O)=O. The highest BCUT2D eigenvalue weighted by molar-refractivity contribution is 7.92. The van der Waals surface area contributed by atoms with Crippen LogP contribution in [0.2, 0.25) is 0 Å². The van der Waals surface area contributed by atoms with Gasteiger partial charge in [-0.1, -0.05) is 30.3 Å². The second-order valence-electron chi connectivity index (χ2n) is 8.40. The van der Waals surface area contributed by atoms with E-state index >= 15 is 0 Å². The molecule has 2 aromatic carbocycles. The lowest BCUT2D eigenvalue weighted by molar-refractivity contribution is -0.129. The zero-order valence-corrected chi connectivity index (χ0v) is 18.8. The number of carbonyl (C=O) groups excluding carboxylic acids is 1. The number of sulfone groups is 1. The van der Waals surface area contributed by atoms with Crippen LogP contribution in [0.5, 0.6) is 5.88 Å². The van der Waals surface area contributed by atoms with E-state index in [4.69, 9.17) is 4.74 Å². The highest BCUT2D eigenvalue weighted by atomic mass is 32.2. The number of aryl methyl sites for hydroxylation is 1. The summed E-state index contributed by atoms with van der Waals surface area (Å²) in [4.78, 5) is 19.3. The molecule has 2 atom stereocenters. The predicted molar refractivity (Wildman–Crippen MR) is 121 cm³/mol. The van der Waals surface area contributed by atoms with Crippen molar-refractivity contribution in [2.24, 2.45) is 0 Å². The van der Waals surface area contributed by atoms with E-state index < -0.39 is 15.1 Å². The van der Waals surface area contributed by atoms with Crippen molar-refractivity contribution in [3.05, 3.63) is 77.5 Å². The molecule has 2 aliphatic heterocycles. The van der Waals surface area contributed by atoms with Crippen LogP contribution in [0, 0.1) is 6.92 Å². The van der Waals surface area contributed by atoms with Crippen molar-refractivity contribution in [1.29, 1.82) is 0 Å². The van der Waals surface area contributed by atoms with Crippen molar-refractivity contribution in [2.45, 2.75) is 29.4 Å². The molecule has 3 heterocycles. The van der Waals surface area contributed by atoms with Crippen LogP contribution in [0.4, 0.5) is 0 Å². The number of fused-ring (bicyclic) bond motifs is 3. The van der Waals surface area contributed by atoms with Crippen LogP contribution in [-0.2, 0) is 21.1 Å². The third kappa shape index (κ3) is 3.28. The van der Waals surface area contributed by atoms with Gasteiger partial charge in [0.25, 0.3) is 0 Å². The topological polar surface area (TPSA) is 76.6 Å². The van der Waals surface area contributed by atoms with Gasteiger partial charge in [-0.25, -0.2) is 13.4 Å². The number of pyridine rings is 1. The van der Waals surface area contributed by atoms with E-state index in [-0.39, 0.29) is 24.8 Å². The summed E-state index contributed by atoms with van der Waals surface area (Å²) in [6.07, 6.45) is 1.94. The molecular formula is C25H24N2O4S. The first kappa shape index (κ1) is 20.7. The molecule has 0 saturated carbocycles. The van der Waals surface area contributed by atoms with E-state index in [1.807, 2.05) is 49.4 Å². The Morgan fingerprint density at radius 2 is 1.94 bits per heavy atom. The van der Waals surface area contributed by atoms with E-state index in [0.717, 1.165) is 27.8 Å². The number of nitrogens with zero attached hydrogens (tertiary/aromatic N) is 2. The molecule has 1 amide bonds. The number of hydrogen-bond acceptors (Lipinski definition) is 5. The molecule has 2 aliphatic rings. The van der Waals surface area contributed by atoms with Gasteiger partial charge in [0.2, 0.25) is 11.8 Å². The number of hydrogen-bond donors (Lipinski definition) is 0. The van der Waals surface area contributed by atoms with Gasteiger partial charge in [-0.3, -0.25) is 4.79 Å². The van der Waals surface area contributed by atoms with Gasteiger partial charge < -0.3 is 9.64 Å². The Morgan fingerprint density at radius 3 is 2.72 bits per heavy atom. The van der Waals surface area contributed by atoms with Crippen LogP contribution < -0.4 is 4.74 Å². The van der Waals surface area contributed by atoms with Gasteiger partial charge in [-0.05, 0) is 53.4 Å². The second kappa shape index (κ2) is 7.74. The fourth-order valence-corrected chi connectivity index (χ4v) is 7.04. The summed E-state index contributed by atoms with van der Waals surface area (Å²) in [7, 11) is -1.92. The minimum Gasteiger partial charge on any atom is -0.481 e. The molecule has 164 valence electrons. The highest BCUT2D eigenvalue weighted by Gasteiger charge is 2.51. The van der Waals surface area contributed by atoms with Crippen LogP contribution >= 0.6 is 0 Å². The number of amides is 1. The Kier molecular flexibility index (Phi) is 5.01. The third-order valence-corrected chi connectivity index (χ3v) is 8.87. The Morgan fingerprint density at radius 1 is 1.12 bits per heavy atom. The molecule has 1 saturated heterocycles. The van der Waals surface area contributed by atoms with E-state index in [9.17, 15) is 13.2 Å². The van der Waals surface area contributed by atoms with Gasteiger partial charge in [0.1, 0.15) is 0 Å². The lowest BCUT2D eigenvalue weighted by Gasteiger charge is -2.19. The number of methoxy groups -OCH3 is 1. The van der Waals surface area contributed by atoms with Gasteiger partial charge in [0.05, 0.1) is 23.7 Å². The maximum Gasteiger partial charge on any atom is 0.227 e. The Hall–Kier alpha value is -3.19. The molecule has 1 fully saturated rings. The Bertz CT molecular complexity index is 1320. The van der Waals surface area contributed by atoms with Crippen LogP contribution in [0.25, 0.3) is 11.1 Å². The zero-order valence-electron chi connectivity index (χ0n) is 18.0. The fraction of sp³-hybridized carbons (Fsp3) is 0.280. The van der Waals surface area contributed by atoms with E-state index in [1.54, 1.807) is 30.3 Å². The summed E-state index contributed by atoms with van der Waals surface area (Å²) in [6, 6.07) is 16.9. The number of rotatable bonds is 4. The molecule has 0 bridgehead atoms. The third-order valence-electron chi connectivity index (χ3n) is 6.61. The van der Waals surface area contributed by atoms with Crippen molar-refractivity contribution in [2.75, 3.05) is 20.2 Å². The average Bonchev–Trinajstić information content (AvgIpc) is 3.34. The molecular weight excluding hydrogens is 424 g/mol. The normalized spacial score (nSPS) is 20.6. The van der Waals surface area contributed by atoms with Crippen molar-refractivity contribution in [1.82, 2.24) is 9.88 Å². The van der Waals surface area contributed by atoms with Gasteiger partial charge in [0.15, 0.2) is 9.84 Å². The second-order valence-corrected chi connectivity index (χ2v) is 10.5. The summed E-state index contributed by atoms with van der Waals surface area (Å²) in [6.45, 7) is 2.63. The van der Waals surface area contributed by atoms with Crippen molar-refractivity contribution in [3.63, 3.8) is 0 Å². The Labute approximate surface area is 187 Å². The molecule has 0 unspecified atom stereocenters. The van der Waals surface area contributed by atoms with Crippen LogP contribution in [-0.4, -0.2) is 49.7 Å². The van der Waals surface area contributed by atoms with Crippen molar-refractivity contribution < 1.29 is 17.9 Å². The molecule has 3 aromatic rings. The van der Waals surface area contributed by atoms with E-state index in [0.29, 0.717) is 17.3 Å². The molecule has 6 nitrogen and oxygen atoms in total. The highest BCUT2D eigenvalue weighted by Crippen LogP contribution is 2.46. The first-order chi connectivity index (χ1) is 15.4. The van der Waals surface area contributed by atoms with Crippen LogP contribution in [0.15, 0.2) is 65.7 Å². The number of carbonyl (C=O) groups is 1. The monoisotopic (exact) mass is 448 g/mol. The standard InChI is InChI=1S/C25H24N2O4S/c1-16-6-3-4-7-17(16)13-24(28)27-14-21-20-12-18(19-8-5-11-26-25(19)31-2)9-10-22(20)32(29,30)23(21)15-27/h3-12,21,23H,13-15H2,1-2H3/t21-,23-/m0/s1. The lowest BCUT2D eigenvalue weighted by Crippen LogP contribution is -2.33. The van der Waals surface area contributed by atoms with Gasteiger partial charge >= 0.3 is 0 Å². The van der Waals surface area contributed by atoms with E-state index in [1.165, 1.54) is 0 Å².